The quantitative estimate of drug-likeness (QED) is 0.468. The molecule has 0 aliphatic carbocycles. The van der Waals surface area contributed by atoms with Gasteiger partial charge < -0.3 is 26.0 Å². The molecule has 0 aromatic heterocycles. The van der Waals surface area contributed by atoms with Crippen LogP contribution < -0.4 is 15.8 Å². The molecule has 0 fully saturated rings. The second-order valence-electron chi connectivity index (χ2n) is 5.67. The SMILES string of the molecule is CN=C(CCc1ccc(O)c(OC)c1)NC(N)=NCc1ccc(O)cc1. The van der Waals surface area contributed by atoms with Gasteiger partial charge in [-0.1, -0.05) is 18.2 Å². The zero-order valence-corrected chi connectivity index (χ0v) is 14.9. The third-order valence-corrected chi connectivity index (χ3v) is 3.81. The number of ether oxygens (including phenoxy) is 1. The number of rotatable bonds is 6. The van der Waals surface area contributed by atoms with Crippen LogP contribution in [0.3, 0.4) is 0 Å². The molecule has 0 saturated heterocycles. The number of hydrogen-bond acceptors (Lipinski definition) is 5. The van der Waals surface area contributed by atoms with Crippen LogP contribution >= 0.6 is 0 Å². The Morgan fingerprint density at radius 1 is 1.12 bits per heavy atom. The molecule has 0 amide bonds. The van der Waals surface area contributed by atoms with Gasteiger partial charge in [0.2, 0.25) is 0 Å². The van der Waals surface area contributed by atoms with Crippen molar-refractivity contribution in [2.45, 2.75) is 19.4 Å². The summed E-state index contributed by atoms with van der Waals surface area (Å²) in [6.07, 6.45) is 1.35. The first-order chi connectivity index (χ1) is 12.5. The molecular weight excluding hydrogens is 332 g/mol. The molecule has 2 rings (SSSR count). The van der Waals surface area contributed by atoms with Crippen molar-refractivity contribution < 1.29 is 14.9 Å². The van der Waals surface area contributed by atoms with Crippen LogP contribution in [0.15, 0.2) is 52.4 Å². The van der Waals surface area contributed by atoms with Crippen molar-refractivity contribution in [3.8, 4) is 17.2 Å². The molecule has 0 aliphatic heterocycles. The average molecular weight is 356 g/mol. The molecule has 7 nitrogen and oxygen atoms in total. The third kappa shape index (κ3) is 5.70. The van der Waals surface area contributed by atoms with Gasteiger partial charge in [-0.3, -0.25) is 4.99 Å². The summed E-state index contributed by atoms with van der Waals surface area (Å²) in [5, 5.41) is 21.9. The van der Waals surface area contributed by atoms with Crippen LogP contribution in [0.4, 0.5) is 0 Å². The van der Waals surface area contributed by atoms with E-state index in [9.17, 15) is 10.2 Å². The van der Waals surface area contributed by atoms with E-state index in [0.717, 1.165) is 11.1 Å². The van der Waals surface area contributed by atoms with Gasteiger partial charge >= 0.3 is 0 Å². The zero-order chi connectivity index (χ0) is 18.9. The maximum absolute atomic E-state index is 9.64. The number of hydrogen-bond donors (Lipinski definition) is 4. The van der Waals surface area contributed by atoms with E-state index < -0.39 is 0 Å². The van der Waals surface area contributed by atoms with Crippen molar-refractivity contribution in [1.82, 2.24) is 5.32 Å². The fourth-order valence-electron chi connectivity index (χ4n) is 2.34. The fourth-order valence-corrected chi connectivity index (χ4v) is 2.34. The van der Waals surface area contributed by atoms with E-state index in [1.807, 2.05) is 6.07 Å². The van der Waals surface area contributed by atoms with E-state index in [1.165, 1.54) is 7.11 Å². The number of nitrogens with one attached hydrogen (secondary N) is 1. The van der Waals surface area contributed by atoms with Crippen molar-refractivity contribution in [3.63, 3.8) is 0 Å². The monoisotopic (exact) mass is 356 g/mol. The molecule has 0 unspecified atom stereocenters. The van der Waals surface area contributed by atoms with E-state index in [-0.39, 0.29) is 17.5 Å². The van der Waals surface area contributed by atoms with Gasteiger partial charge in [-0.15, -0.1) is 0 Å². The number of amidine groups is 1. The van der Waals surface area contributed by atoms with E-state index in [2.05, 4.69) is 15.3 Å². The molecular formula is C19H24N4O3. The molecule has 0 heterocycles. The van der Waals surface area contributed by atoms with Crippen LogP contribution in [-0.4, -0.2) is 36.2 Å². The second kappa shape index (κ2) is 9.31. The highest BCUT2D eigenvalue weighted by Crippen LogP contribution is 2.26. The lowest BCUT2D eigenvalue weighted by molar-refractivity contribution is 0.373. The highest BCUT2D eigenvalue weighted by atomic mass is 16.5. The predicted octanol–water partition coefficient (Wildman–Crippen LogP) is 2.17. The lowest BCUT2D eigenvalue weighted by Crippen LogP contribution is -2.37. The summed E-state index contributed by atoms with van der Waals surface area (Å²) in [5.41, 5.74) is 7.88. The minimum Gasteiger partial charge on any atom is -0.508 e. The molecule has 0 spiro atoms. The molecule has 2 aromatic carbocycles. The number of nitrogens with two attached hydrogens (primary N) is 1. The lowest BCUT2D eigenvalue weighted by Gasteiger charge is -2.10. The van der Waals surface area contributed by atoms with E-state index in [1.54, 1.807) is 43.4 Å². The van der Waals surface area contributed by atoms with Gasteiger partial charge in [0.1, 0.15) is 11.6 Å². The first-order valence-electron chi connectivity index (χ1n) is 8.18. The Balaban J connectivity index is 1.90. The molecule has 0 radical (unpaired) electrons. The van der Waals surface area contributed by atoms with Gasteiger partial charge in [0.15, 0.2) is 17.5 Å². The maximum Gasteiger partial charge on any atom is 0.194 e. The Morgan fingerprint density at radius 3 is 2.46 bits per heavy atom. The normalized spacial score (nSPS) is 12.1. The van der Waals surface area contributed by atoms with Crippen LogP contribution in [0.1, 0.15) is 17.5 Å². The van der Waals surface area contributed by atoms with Crippen molar-refractivity contribution >= 4 is 11.8 Å². The van der Waals surface area contributed by atoms with Crippen molar-refractivity contribution in [2.75, 3.05) is 14.2 Å². The second-order valence-corrected chi connectivity index (χ2v) is 5.67. The van der Waals surface area contributed by atoms with E-state index in [4.69, 9.17) is 10.5 Å². The highest BCUT2D eigenvalue weighted by molar-refractivity contribution is 5.99. The number of benzene rings is 2. The van der Waals surface area contributed by atoms with Gasteiger partial charge in [0.25, 0.3) is 0 Å². The topological polar surface area (TPSA) is 112 Å². The minimum atomic E-state index is 0.115. The highest BCUT2D eigenvalue weighted by Gasteiger charge is 2.06. The molecule has 138 valence electrons. The molecule has 0 saturated carbocycles. The summed E-state index contributed by atoms with van der Waals surface area (Å²) in [6, 6.07) is 12.0. The summed E-state index contributed by atoms with van der Waals surface area (Å²) in [7, 11) is 3.21. The fraction of sp³-hybridized carbons (Fsp3) is 0.263. The van der Waals surface area contributed by atoms with Crippen molar-refractivity contribution in [2.24, 2.45) is 15.7 Å². The first-order valence-corrected chi connectivity index (χ1v) is 8.18. The lowest BCUT2D eigenvalue weighted by atomic mass is 10.1. The molecule has 26 heavy (non-hydrogen) atoms. The largest absolute Gasteiger partial charge is 0.508 e. The Kier molecular flexibility index (Phi) is 6.84. The Morgan fingerprint density at radius 2 is 1.81 bits per heavy atom. The summed E-state index contributed by atoms with van der Waals surface area (Å²) in [6.45, 7) is 0.408. The first kappa shape index (κ1) is 19.1. The van der Waals surface area contributed by atoms with Gasteiger partial charge in [0, 0.05) is 13.5 Å². The summed E-state index contributed by atoms with van der Waals surface area (Å²) in [4.78, 5) is 8.47. The molecule has 7 heteroatoms. The van der Waals surface area contributed by atoms with E-state index >= 15 is 0 Å². The maximum atomic E-state index is 9.64. The average Bonchev–Trinajstić information content (AvgIpc) is 2.65. The number of aromatic hydroxyl groups is 2. The Bertz CT molecular complexity index is 786. The number of methoxy groups -OCH3 is 1. The van der Waals surface area contributed by atoms with Crippen molar-refractivity contribution in [3.05, 3.63) is 53.6 Å². The standard InChI is InChI=1S/C19H24N4O3/c1-21-18(10-6-13-5-9-16(25)17(11-13)26-2)23-19(20)22-12-14-3-7-15(24)8-4-14/h3-5,7-9,11,24-25H,6,10,12H2,1-2H3,(H3,20,21,22,23). The number of phenols is 2. The summed E-state index contributed by atoms with van der Waals surface area (Å²) < 4.78 is 5.11. The Hall–Kier alpha value is -3.22. The summed E-state index contributed by atoms with van der Waals surface area (Å²) in [5.74, 6) is 1.77. The number of aliphatic imine (C=N–C) groups is 2. The van der Waals surface area contributed by atoms with Gasteiger partial charge in [-0.05, 0) is 41.8 Å². The van der Waals surface area contributed by atoms with E-state index in [0.29, 0.717) is 31.0 Å². The predicted molar refractivity (Wildman–Crippen MR) is 103 cm³/mol. The van der Waals surface area contributed by atoms with Crippen LogP contribution in [0.5, 0.6) is 17.2 Å². The summed E-state index contributed by atoms with van der Waals surface area (Å²) >= 11 is 0. The number of nitrogens with zero attached hydrogens (tertiary/aromatic N) is 2. The van der Waals surface area contributed by atoms with Crippen LogP contribution in [0.25, 0.3) is 0 Å². The molecule has 0 bridgehead atoms. The minimum absolute atomic E-state index is 0.115. The van der Waals surface area contributed by atoms with Gasteiger partial charge in [-0.25, -0.2) is 4.99 Å². The number of phenolic OH excluding ortho intramolecular Hbond substituents is 2. The number of guanidine groups is 1. The zero-order valence-electron chi connectivity index (χ0n) is 14.9. The van der Waals surface area contributed by atoms with Crippen LogP contribution in [-0.2, 0) is 13.0 Å². The molecule has 0 aliphatic rings. The third-order valence-electron chi connectivity index (χ3n) is 3.81. The van der Waals surface area contributed by atoms with Crippen LogP contribution in [0, 0.1) is 0 Å². The van der Waals surface area contributed by atoms with Gasteiger partial charge in [-0.2, -0.15) is 0 Å². The Labute approximate surface area is 152 Å². The molecule has 0 atom stereocenters. The van der Waals surface area contributed by atoms with Gasteiger partial charge in [0.05, 0.1) is 13.7 Å². The number of aryl methyl sites for hydroxylation is 1. The molecule has 5 N–H and O–H groups in total. The smallest absolute Gasteiger partial charge is 0.194 e. The molecule has 2 aromatic rings. The van der Waals surface area contributed by atoms with Crippen molar-refractivity contribution in [1.29, 1.82) is 0 Å². The van der Waals surface area contributed by atoms with Crippen LogP contribution in [0.2, 0.25) is 0 Å².